The molecule has 116 valence electrons. The number of benzene rings is 2. The molecule has 0 aromatic heterocycles. The van der Waals surface area contributed by atoms with Gasteiger partial charge < -0.3 is 5.32 Å². The summed E-state index contributed by atoms with van der Waals surface area (Å²) in [6, 6.07) is 17.5. The molecule has 2 aromatic rings. The molecule has 1 aliphatic carbocycles. The van der Waals surface area contributed by atoms with Crippen LogP contribution in [0.15, 0.2) is 53.0 Å². The summed E-state index contributed by atoms with van der Waals surface area (Å²) in [5, 5.41) is 12.4. The van der Waals surface area contributed by atoms with Gasteiger partial charge in [0.2, 0.25) is 0 Å². The number of hydrogen-bond acceptors (Lipinski definition) is 2. The molecule has 0 saturated heterocycles. The smallest absolute Gasteiger partial charge is 0.255 e. The van der Waals surface area contributed by atoms with Crippen molar-refractivity contribution in [1.82, 2.24) is 0 Å². The molecular formula is C19H17BrN2O. The van der Waals surface area contributed by atoms with E-state index in [-0.39, 0.29) is 11.3 Å². The minimum atomic E-state index is -0.340. The van der Waals surface area contributed by atoms with Gasteiger partial charge in [-0.3, -0.25) is 4.79 Å². The van der Waals surface area contributed by atoms with Crippen molar-refractivity contribution >= 4 is 27.5 Å². The molecule has 1 aliphatic rings. The van der Waals surface area contributed by atoms with E-state index in [4.69, 9.17) is 0 Å². The van der Waals surface area contributed by atoms with E-state index < -0.39 is 0 Å². The van der Waals surface area contributed by atoms with Crippen LogP contribution >= 0.6 is 15.9 Å². The first-order valence-corrected chi connectivity index (χ1v) is 8.51. The lowest BCUT2D eigenvalue weighted by molar-refractivity contribution is 0.102. The van der Waals surface area contributed by atoms with Crippen LogP contribution in [0, 0.1) is 11.3 Å². The second-order valence-corrected chi connectivity index (χ2v) is 6.86. The topological polar surface area (TPSA) is 52.9 Å². The summed E-state index contributed by atoms with van der Waals surface area (Å²) < 4.78 is 0.873. The van der Waals surface area contributed by atoms with E-state index in [0.717, 1.165) is 41.4 Å². The summed E-state index contributed by atoms with van der Waals surface area (Å²) in [4.78, 5) is 12.2. The third-order valence-corrected chi connectivity index (χ3v) is 4.95. The largest absolute Gasteiger partial charge is 0.322 e. The van der Waals surface area contributed by atoms with Crippen LogP contribution < -0.4 is 5.32 Å². The van der Waals surface area contributed by atoms with Gasteiger partial charge in [0.1, 0.15) is 0 Å². The Morgan fingerprint density at radius 3 is 2.43 bits per heavy atom. The highest BCUT2D eigenvalue weighted by atomic mass is 79.9. The first-order valence-electron chi connectivity index (χ1n) is 7.72. The zero-order chi connectivity index (χ0) is 16.3. The highest BCUT2D eigenvalue weighted by molar-refractivity contribution is 9.10. The molecule has 1 N–H and O–H groups in total. The summed E-state index contributed by atoms with van der Waals surface area (Å²) in [5.41, 5.74) is 2.06. The highest BCUT2D eigenvalue weighted by Crippen LogP contribution is 2.40. The number of rotatable bonds is 3. The van der Waals surface area contributed by atoms with Gasteiger partial charge in [0.05, 0.1) is 11.5 Å². The quantitative estimate of drug-likeness (QED) is 0.824. The molecule has 2 aromatic carbocycles. The first kappa shape index (κ1) is 15.8. The van der Waals surface area contributed by atoms with Gasteiger partial charge in [0.15, 0.2) is 0 Å². The third kappa shape index (κ3) is 3.30. The molecular weight excluding hydrogens is 352 g/mol. The van der Waals surface area contributed by atoms with Crippen LogP contribution in [-0.4, -0.2) is 5.91 Å². The number of halogens is 1. The van der Waals surface area contributed by atoms with E-state index >= 15 is 0 Å². The Morgan fingerprint density at radius 2 is 1.83 bits per heavy atom. The number of anilines is 1. The molecule has 0 bridgehead atoms. The fraction of sp³-hybridized carbons (Fsp3) is 0.263. The van der Waals surface area contributed by atoms with Gasteiger partial charge in [0.25, 0.3) is 5.91 Å². The van der Waals surface area contributed by atoms with Crippen molar-refractivity contribution in [3.05, 3.63) is 64.1 Å². The maximum absolute atomic E-state index is 12.2. The SMILES string of the molecule is N#CC1(c2ccc(NC(=O)c3cccc(Br)c3)cc2)CCCC1. The van der Waals surface area contributed by atoms with Crippen molar-refractivity contribution in [3.8, 4) is 6.07 Å². The maximum atomic E-state index is 12.2. The number of amides is 1. The van der Waals surface area contributed by atoms with Crippen LogP contribution in [0.4, 0.5) is 5.69 Å². The molecule has 0 heterocycles. The van der Waals surface area contributed by atoms with E-state index in [9.17, 15) is 10.1 Å². The lowest BCUT2D eigenvalue weighted by atomic mass is 9.80. The van der Waals surface area contributed by atoms with Gasteiger partial charge in [-0.15, -0.1) is 0 Å². The molecule has 0 spiro atoms. The van der Waals surface area contributed by atoms with Crippen LogP contribution in [0.3, 0.4) is 0 Å². The lowest BCUT2D eigenvalue weighted by Gasteiger charge is -2.21. The van der Waals surface area contributed by atoms with Crippen molar-refractivity contribution in [2.24, 2.45) is 0 Å². The second-order valence-electron chi connectivity index (χ2n) is 5.94. The predicted molar refractivity (Wildman–Crippen MR) is 94.3 cm³/mol. The van der Waals surface area contributed by atoms with Crippen molar-refractivity contribution in [2.75, 3.05) is 5.32 Å². The fourth-order valence-electron chi connectivity index (χ4n) is 3.15. The number of carbonyl (C=O) groups excluding carboxylic acids is 1. The number of nitrogens with one attached hydrogen (secondary N) is 1. The standard InChI is InChI=1S/C19H17BrN2O/c20-16-5-3-4-14(12-16)18(23)22-17-8-6-15(7-9-17)19(13-21)10-1-2-11-19/h3-9,12H,1-2,10-11H2,(H,22,23). The van der Waals surface area contributed by atoms with E-state index in [1.807, 2.05) is 36.4 Å². The van der Waals surface area contributed by atoms with Crippen molar-refractivity contribution in [3.63, 3.8) is 0 Å². The number of nitrogens with zero attached hydrogens (tertiary/aromatic N) is 1. The van der Waals surface area contributed by atoms with Crippen LogP contribution in [0.5, 0.6) is 0 Å². The zero-order valence-electron chi connectivity index (χ0n) is 12.7. The average molecular weight is 369 g/mol. The Hall–Kier alpha value is -2.12. The molecule has 1 saturated carbocycles. The summed E-state index contributed by atoms with van der Waals surface area (Å²) in [5.74, 6) is -0.144. The molecule has 4 heteroatoms. The van der Waals surface area contributed by atoms with Gasteiger partial charge in [-0.25, -0.2) is 0 Å². The van der Waals surface area contributed by atoms with Crippen molar-refractivity contribution in [2.45, 2.75) is 31.1 Å². The third-order valence-electron chi connectivity index (χ3n) is 4.45. The van der Waals surface area contributed by atoms with Gasteiger partial charge in [-0.05, 0) is 48.7 Å². The number of carbonyl (C=O) groups is 1. The normalized spacial score (nSPS) is 15.8. The van der Waals surface area contributed by atoms with Gasteiger partial charge in [0, 0.05) is 15.7 Å². The molecule has 3 nitrogen and oxygen atoms in total. The average Bonchev–Trinajstić information content (AvgIpc) is 3.06. The van der Waals surface area contributed by atoms with Gasteiger partial charge >= 0.3 is 0 Å². The Bertz CT molecular complexity index is 756. The molecule has 1 amide bonds. The van der Waals surface area contributed by atoms with E-state index in [1.165, 1.54) is 0 Å². The highest BCUT2D eigenvalue weighted by Gasteiger charge is 2.35. The number of hydrogen-bond donors (Lipinski definition) is 1. The molecule has 1 fully saturated rings. The Morgan fingerprint density at radius 1 is 1.13 bits per heavy atom. The monoisotopic (exact) mass is 368 g/mol. The molecule has 0 radical (unpaired) electrons. The fourth-order valence-corrected chi connectivity index (χ4v) is 3.55. The summed E-state index contributed by atoms with van der Waals surface area (Å²) in [6.07, 6.45) is 4.06. The van der Waals surface area contributed by atoms with Gasteiger partial charge in [-0.1, -0.05) is 47.0 Å². The Labute approximate surface area is 144 Å². The summed E-state index contributed by atoms with van der Waals surface area (Å²) in [6.45, 7) is 0. The lowest BCUT2D eigenvalue weighted by Crippen LogP contribution is -2.19. The van der Waals surface area contributed by atoms with Crippen LogP contribution in [0.1, 0.15) is 41.6 Å². The molecule has 23 heavy (non-hydrogen) atoms. The summed E-state index contributed by atoms with van der Waals surface area (Å²) >= 11 is 3.37. The van der Waals surface area contributed by atoms with Gasteiger partial charge in [-0.2, -0.15) is 5.26 Å². The predicted octanol–water partition coefficient (Wildman–Crippen LogP) is 5.04. The Kier molecular flexibility index (Phi) is 4.49. The number of nitriles is 1. The van der Waals surface area contributed by atoms with Crippen molar-refractivity contribution < 1.29 is 4.79 Å². The molecule has 0 atom stereocenters. The molecule has 0 aliphatic heterocycles. The summed E-state index contributed by atoms with van der Waals surface area (Å²) in [7, 11) is 0. The van der Waals surface area contributed by atoms with Crippen molar-refractivity contribution in [1.29, 1.82) is 5.26 Å². The zero-order valence-corrected chi connectivity index (χ0v) is 14.3. The molecule has 0 unspecified atom stereocenters. The minimum absolute atomic E-state index is 0.144. The van der Waals surface area contributed by atoms with E-state index in [1.54, 1.807) is 12.1 Å². The second kappa shape index (κ2) is 6.55. The minimum Gasteiger partial charge on any atom is -0.322 e. The van der Waals surface area contributed by atoms with Crippen LogP contribution in [0.2, 0.25) is 0 Å². The maximum Gasteiger partial charge on any atom is 0.255 e. The van der Waals surface area contributed by atoms with Crippen LogP contribution in [-0.2, 0) is 5.41 Å². The molecule has 3 rings (SSSR count). The van der Waals surface area contributed by atoms with Crippen LogP contribution in [0.25, 0.3) is 0 Å². The first-order chi connectivity index (χ1) is 11.1. The van der Waals surface area contributed by atoms with E-state index in [2.05, 4.69) is 27.3 Å². The van der Waals surface area contributed by atoms with E-state index in [0.29, 0.717) is 5.56 Å². The Balaban J connectivity index is 1.75.